The molecule has 7 nitrogen and oxygen atoms in total. The fourth-order valence-electron chi connectivity index (χ4n) is 2.79. The van der Waals surface area contributed by atoms with Crippen LogP contribution in [0.2, 0.25) is 0 Å². The number of nitrogens with zero attached hydrogens (tertiary/aromatic N) is 2. The van der Waals surface area contributed by atoms with Crippen LogP contribution in [0.15, 0.2) is 29.3 Å². The van der Waals surface area contributed by atoms with Crippen molar-refractivity contribution in [3.8, 4) is 0 Å². The van der Waals surface area contributed by atoms with Crippen LogP contribution in [0.4, 0.5) is 0 Å². The van der Waals surface area contributed by atoms with Crippen molar-refractivity contribution in [3.63, 3.8) is 0 Å². The first-order valence-corrected chi connectivity index (χ1v) is 9.15. The second-order valence-corrected chi connectivity index (χ2v) is 6.05. The van der Waals surface area contributed by atoms with Crippen molar-refractivity contribution in [3.05, 3.63) is 35.4 Å². The number of unbranched alkanes of at least 4 members (excludes halogenated alkanes) is 1. The summed E-state index contributed by atoms with van der Waals surface area (Å²) in [7, 11) is 1.68. The molecule has 0 saturated carbocycles. The molecule has 2 rings (SSSR count). The van der Waals surface area contributed by atoms with Crippen LogP contribution in [0.25, 0.3) is 0 Å². The number of ether oxygens (including phenoxy) is 1. The zero-order chi connectivity index (χ0) is 18.8. The second kappa shape index (κ2) is 10.6. The van der Waals surface area contributed by atoms with Crippen molar-refractivity contribution >= 4 is 17.8 Å². The number of hydrogen-bond acceptors (Lipinski definition) is 4. The lowest BCUT2D eigenvalue weighted by Crippen LogP contribution is -2.38. The van der Waals surface area contributed by atoms with E-state index in [0.717, 1.165) is 38.3 Å². The van der Waals surface area contributed by atoms with Crippen LogP contribution in [0, 0.1) is 0 Å². The molecule has 0 atom stereocenters. The van der Waals surface area contributed by atoms with Crippen molar-refractivity contribution in [1.29, 1.82) is 0 Å². The minimum absolute atomic E-state index is 0.188. The Labute approximate surface area is 154 Å². The van der Waals surface area contributed by atoms with E-state index in [2.05, 4.69) is 15.6 Å². The van der Waals surface area contributed by atoms with Gasteiger partial charge >= 0.3 is 0 Å². The van der Waals surface area contributed by atoms with E-state index in [-0.39, 0.29) is 11.8 Å². The third-order valence-corrected chi connectivity index (χ3v) is 4.10. The number of fused-ring (bicyclic) bond motifs is 1. The molecule has 2 N–H and O–H groups in total. The number of amides is 2. The molecular weight excluding hydrogens is 332 g/mol. The van der Waals surface area contributed by atoms with Crippen LogP contribution in [-0.2, 0) is 4.74 Å². The maximum Gasteiger partial charge on any atom is 0.261 e. The predicted molar refractivity (Wildman–Crippen MR) is 102 cm³/mol. The lowest BCUT2D eigenvalue weighted by molar-refractivity contribution is 0.0652. The standard InChI is InChI=1S/C19H28N4O3/c1-3-20-19(22-12-8-14-26-2)21-11-6-7-13-23-17(24)15-9-4-5-10-16(15)18(23)25/h4-5,9-10H,3,6-8,11-14H2,1-2H3,(H2,20,21,22). The number of hydrogen-bond donors (Lipinski definition) is 2. The molecule has 1 heterocycles. The van der Waals surface area contributed by atoms with Gasteiger partial charge in [0.05, 0.1) is 11.1 Å². The zero-order valence-electron chi connectivity index (χ0n) is 15.6. The Morgan fingerprint density at radius 2 is 1.77 bits per heavy atom. The van der Waals surface area contributed by atoms with Gasteiger partial charge in [0.15, 0.2) is 5.96 Å². The Bertz CT molecular complexity index is 610. The monoisotopic (exact) mass is 360 g/mol. The summed E-state index contributed by atoms with van der Waals surface area (Å²) in [5.74, 6) is 0.405. The predicted octanol–water partition coefficient (Wildman–Crippen LogP) is 1.65. The van der Waals surface area contributed by atoms with Crippen molar-refractivity contribution < 1.29 is 14.3 Å². The number of nitrogens with one attached hydrogen (secondary N) is 2. The number of imide groups is 1. The van der Waals surface area contributed by atoms with Gasteiger partial charge in [-0.1, -0.05) is 12.1 Å². The molecule has 0 fully saturated rings. The van der Waals surface area contributed by atoms with Crippen molar-refractivity contribution in [2.75, 3.05) is 39.9 Å². The molecule has 0 saturated heterocycles. The van der Waals surface area contributed by atoms with Gasteiger partial charge in [0, 0.05) is 39.9 Å². The largest absolute Gasteiger partial charge is 0.385 e. The first kappa shape index (κ1) is 19.9. The first-order chi connectivity index (χ1) is 12.7. The molecule has 26 heavy (non-hydrogen) atoms. The number of carbonyl (C=O) groups is 2. The van der Waals surface area contributed by atoms with E-state index in [1.54, 1.807) is 31.4 Å². The van der Waals surface area contributed by atoms with E-state index < -0.39 is 0 Å². The highest BCUT2D eigenvalue weighted by Crippen LogP contribution is 2.22. The van der Waals surface area contributed by atoms with Crippen LogP contribution in [-0.4, -0.2) is 62.6 Å². The smallest absolute Gasteiger partial charge is 0.261 e. The fraction of sp³-hybridized carbons (Fsp3) is 0.526. The highest BCUT2D eigenvalue weighted by atomic mass is 16.5. The maximum absolute atomic E-state index is 12.3. The first-order valence-electron chi connectivity index (χ1n) is 9.15. The number of benzene rings is 1. The summed E-state index contributed by atoms with van der Waals surface area (Å²) in [4.78, 5) is 30.4. The van der Waals surface area contributed by atoms with E-state index in [1.807, 2.05) is 6.92 Å². The highest BCUT2D eigenvalue weighted by Gasteiger charge is 2.34. The quantitative estimate of drug-likeness (QED) is 0.287. The Morgan fingerprint density at radius 1 is 1.08 bits per heavy atom. The van der Waals surface area contributed by atoms with Gasteiger partial charge in [-0.05, 0) is 38.3 Å². The van der Waals surface area contributed by atoms with Gasteiger partial charge in [-0.25, -0.2) is 0 Å². The van der Waals surface area contributed by atoms with E-state index in [1.165, 1.54) is 4.90 Å². The normalized spacial score (nSPS) is 13.9. The molecule has 1 aliphatic rings. The molecule has 0 aliphatic carbocycles. The molecule has 0 unspecified atom stereocenters. The minimum Gasteiger partial charge on any atom is -0.385 e. The lowest BCUT2D eigenvalue weighted by Gasteiger charge is -2.14. The molecule has 2 amide bonds. The SMILES string of the molecule is CCNC(=NCCCOC)NCCCCN1C(=O)c2ccccc2C1=O. The van der Waals surface area contributed by atoms with Crippen molar-refractivity contribution in [2.45, 2.75) is 26.2 Å². The molecule has 1 aliphatic heterocycles. The van der Waals surface area contributed by atoms with Gasteiger partial charge < -0.3 is 15.4 Å². The number of aliphatic imine (C=N–C) groups is 1. The van der Waals surface area contributed by atoms with Gasteiger partial charge in [0.1, 0.15) is 0 Å². The van der Waals surface area contributed by atoms with Crippen molar-refractivity contribution in [2.24, 2.45) is 4.99 Å². The zero-order valence-corrected chi connectivity index (χ0v) is 15.6. The summed E-state index contributed by atoms with van der Waals surface area (Å²) >= 11 is 0. The van der Waals surface area contributed by atoms with Crippen LogP contribution >= 0.6 is 0 Å². The summed E-state index contributed by atoms with van der Waals surface area (Å²) in [6.45, 7) is 5.40. The third kappa shape index (κ3) is 5.29. The Balaban J connectivity index is 1.71. The van der Waals surface area contributed by atoms with Gasteiger partial charge in [-0.2, -0.15) is 0 Å². The summed E-state index contributed by atoms with van der Waals surface area (Å²) < 4.78 is 5.02. The van der Waals surface area contributed by atoms with Crippen LogP contribution in [0.1, 0.15) is 46.9 Å². The number of methoxy groups -OCH3 is 1. The highest BCUT2D eigenvalue weighted by molar-refractivity contribution is 6.21. The molecule has 0 radical (unpaired) electrons. The maximum atomic E-state index is 12.3. The molecule has 142 valence electrons. The van der Waals surface area contributed by atoms with E-state index >= 15 is 0 Å². The molecule has 7 heteroatoms. The second-order valence-electron chi connectivity index (χ2n) is 6.05. The fourth-order valence-corrected chi connectivity index (χ4v) is 2.79. The molecule has 0 bridgehead atoms. The summed E-state index contributed by atoms with van der Waals surface area (Å²) in [6.07, 6.45) is 2.48. The van der Waals surface area contributed by atoms with Crippen LogP contribution < -0.4 is 10.6 Å². The Hall–Kier alpha value is -2.41. The summed E-state index contributed by atoms with van der Waals surface area (Å²) in [6, 6.07) is 6.98. The number of rotatable bonds is 10. The van der Waals surface area contributed by atoms with Gasteiger partial charge in [0.25, 0.3) is 11.8 Å². The summed E-state index contributed by atoms with van der Waals surface area (Å²) in [5, 5.41) is 6.47. The van der Waals surface area contributed by atoms with Gasteiger partial charge in [0.2, 0.25) is 0 Å². The Kier molecular flexibility index (Phi) is 8.08. The number of guanidine groups is 1. The molecular formula is C19H28N4O3. The molecule has 1 aromatic carbocycles. The van der Waals surface area contributed by atoms with Crippen molar-refractivity contribution in [1.82, 2.24) is 15.5 Å². The van der Waals surface area contributed by atoms with Crippen LogP contribution in [0.3, 0.4) is 0 Å². The molecule has 0 spiro atoms. The van der Waals surface area contributed by atoms with E-state index in [9.17, 15) is 9.59 Å². The number of carbonyl (C=O) groups excluding carboxylic acids is 2. The lowest BCUT2D eigenvalue weighted by atomic mass is 10.1. The molecule has 0 aromatic heterocycles. The average Bonchev–Trinajstić information content (AvgIpc) is 2.90. The summed E-state index contributed by atoms with van der Waals surface area (Å²) in [5.41, 5.74) is 1.02. The average molecular weight is 360 g/mol. The molecule has 1 aromatic rings. The topological polar surface area (TPSA) is 83.0 Å². The van der Waals surface area contributed by atoms with Crippen LogP contribution in [0.5, 0.6) is 0 Å². The van der Waals surface area contributed by atoms with E-state index in [0.29, 0.717) is 30.8 Å². The Morgan fingerprint density at radius 3 is 2.38 bits per heavy atom. The van der Waals surface area contributed by atoms with Gasteiger partial charge in [-0.3, -0.25) is 19.5 Å². The third-order valence-electron chi connectivity index (χ3n) is 4.10. The van der Waals surface area contributed by atoms with Gasteiger partial charge in [-0.15, -0.1) is 0 Å². The van der Waals surface area contributed by atoms with E-state index in [4.69, 9.17) is 4.74 Å². The minimum atomic E-state index is -0.188.